The summed E-state index contributed by atoms with van der Waals surface area (Å²) < 4.78 is 0. The van der Waals surface area contributed by atoms with Crippen molar-refractivity contribution < 1.29 is 14.4 Å². The van der Waals surface area contributed by atoms with Gasteiger partial charge in [0.15, 0.2) is 0 Å². The molecule has 158 valence electrons. The zero-order chi connectivity index (χ0) is 21.8. The minimum Gasteiger partial charge on any atom is -0.366 e. The minimum atomic E-state index is -0.769. The van der Waals surface area contributed by atoms with Crippen LogP contribution in [0, 0.1) is 0 Å². The lowest BCUT2D eigenvalue weighted by Gasteiger charge is -2.35. The smallest absolute Gasteiger partial charge is 0.313 e. The number of nitrogens with zero attached hydrogens (tertiary/aromatic N) is 3. The summed E-state index contributed by atoms with van der Waals surface area (Å²) in [6.45, 7) is 0.505. The molecular formula is C22H21N5O3S. The average Bonchev–Trinajstić information content (AvgIpc) is 3.34. The third-order valence-electron chi connectivity index (χ3n) is 5.21. The maximum atomic E-state index is 13.0. The van der Waals surface area contributed by atoms with E-state index in [2.05, 4.69) is 15.3 Å². The minimum absolute atomic E-state index is 0.154. The van der Waals surface area contributed by atoms with Crippen molar-refractivity contribution in [2.75, 3.05) is 11.9 Å². The zero-order valence-electron chi connectivity index (χ0n) is 16.7. The Labute approximate surface area is 183 Å². The molecule has 3 aromatic rings. The summed E-state index contributed by atoms with van der Waals surface area (Å²) in [6.07, 6.45) is 7.04. The number of nitrogens with two attached hydrogens (primary N) is 1. The van der Waals surface area contributed by atoms with E-state index in [1.54, 1.807) is 22.4 Å². The molecule has 9 heteroatoms. The first kappa shape index (κ1) is 20.7. The molecule has 1 fully saturated rings. The van der Waals surface area contributed by atoms with Crippen LogP contribution in [0.25, 0.3) is 10.6 Å². The zero-order valence-corrected chi connectivity index (χ0v) is 17.5. The van der Waals surface area contributed by atoms with Crippen molar-refractivity contribution >= 4 is 34.7 Å². The second-order valence-electron chi connectivity index (χ2n) is 7.25. The van der Waals surface area contributed by atoms with Crippen LogP contribution in [-0.4, -0.2) is 39.1 Å². The van der Waals surface area contributed by atoms with Crippen molar-refractivity contribution in [2.45, 2.75) is 25.3 Å². The molecule has 3 N–H and O–H groups in total. The summed E-state index contributed by atoms with van der Waals surface area (Å²) >= 11 is 1.57. The first-order chi connectivity index (χ1) is 15.0. The number of benzene rings is 1. The summed E-state index contributed by atoms with van der Waals surface area (Å²) in [5, 5.41) is 5.39. The number of carbonyl (C=O) groups is 3. The van der Waals surface area contributed by atoms with Gasteiger partial charge in [-0.3, -0.25) is 19.4 Å². The Bertz CT molecular complexity index is 1100. The number of rotatable bonds is 4. The largest absolute Gasteiger partial charge is 0.366 e. The average molecular weight is 436 g/mol. The van der Waals surface area contributed by atoms with E-state index in [0.29, 0.717) is 6.54 Å². The summed E-state index contributed by atoms with van der Waals surface area (Å²) in [5.41, 5.74) is 7.65. The fourth-order valence-electron chi connectivity index (χ4n) is 3.69. The molecule has 1 atom stereocenters. The highest BCUT2D eigenvalue weighted by Crippen LogP contribution is 2.32. The maximum Gasteiger partial charge on any atom is 0.313 e. The number of pyridine rings is 1. The molecule has 0 aliphatic carbocycles. The van der Waals surface area contributed by atoms with E-state index < -0.39 is 17.7 Å². The molecule has 0 unspecified atom stereocenters. The summed E-state index contributed by atoms with van der Waals surface area (Å²) in [7, 11) is 0. The number of anilines is 1. The maximum absolute atomic E-state index is 13.0. The second-order valence-corrected chi connectivity index (χ2v) is 8.14. The summed E-state index contributed by atoms with van der Waals surface area (Å²) in [4.78, 5) is 46.7. The quantitative estimate of drug-likeness (QED) is 0.611. The fourth-order valence-corrected chi connectivity index (χ4v) is 4.34. The van der Waals surface area contributed by atoms with Gasteiger partial charge in [-0.05, 0) is 30.9 Å². The van der Waals surface area contributed by atoms with Crippen LogP contribution in [0.4, 0.5) is 5.69 Å². The molecule has 3 heterocycles. The molecule has 1 aliphatic heterocycles. The van der Waals surface area contributed by atoms with E-state index in [1.165, 1.54) is 18.5 Å². The topological polar surface area (TPSA) is 118 Å². The van der Waals surface area contributed by atoms with Gasteiger partial charge in [-0.25, -0.2) is 4.98 Å². The van der Waals surface area contributed by atoms with Crippen molar-refractivity contribution in [1.29, 1.82) is 0 Å². The number of carbonyl (C=O) groups excluding carboxylic acids is 3. The van der Waals surface area contributed by atoms with Gasteiger partial charge in [0.05, 0.1) is 23.5 Å². The summed E-state index contributed by atoms with van der Waals surface area (Å²) in [5.74, 6) is -2.04. The van der Waals surface area contributed by atoms with Crippen LogP contribution in [0.5, 0.6) is 0 Å². The van der Waals surface area contributed by atoms with Gasteiger partial charge in [-0.2, -0.15) is 0 Å². The third kappa shape index (κ3) is 4.61. The molecule has 1 saturated heterocycles. The van der Waals surface area contributed by atoms with Crippen LogP contribution >= 0.6 is 11.3 Å². The predicted molar refractivity (Wildman–Crippen MR) is 117 cm³/mol. The number of amides is 3. The van der Waals surface area contributed by atoms with E-state index >= 15 is 0 Å². The van der Waals surface area contributed by atoms with Gasteiger partial charge in [-0.1, -0.05) is 24.3 Å². The fraction of sp³-hybridized carbons (Fsp3) is 0.227. The molecular weight excluding hydrogens is 414 g/mol. The standard InChI is InChI=1S/C22H21N5O3S/c23-19(28)16-11-17(13-24-12-16)26-20(29)22(30)27-9-2-1-3-18(27)14-4-6-15(7-5-14)21-25-8-10-31-21/h4-8,10-13,18H,1-3,9H2,(H2,23,28)(H,26,29)/t18-/m0/s1. The lowest BCUT2D eigenvalue weighted by atomic mass is 9.94. The van der Waals surface area contributed by atoms with Crippen molar-refractivity contribution in [3.63, 3.8) is 0 Å². The molecule has 0 saturated carbocycles. The van der Waals surface area contributed by atoms with E-state index in [0.717, 1.165) is 35.4 Å². The van der Waals surface area contributed by atoms with Crippen LogP contribution in [-0.2, 0) is 9.59 Å². The number of hydrogen-bond donors (Lipinski definition) is 2. The molecule has 0 radical (unpaired) electrons. The van der Waals surface area contributed by atoms with Gasteiger partial charge in [0.2, 0.25) is 5.91 Å². The van der Waals surface area contributed by atoms with E-state index in [1.807, 2.05) is 29.6 Å². The van der Waals surface area contributed by atoms with Crippen LogP contribution in [0.15, 0.2) is 54.3 Å². The molecule has 4 rings (SSSR count). The first-order valence-electron chi connectivity index (χ1n) is 9.89. The lowest BCUT2D eigenvalue weighted by molar-refractivity contribution is -0.145. The van der Waals surface area contributed by atoms with Crippen LogP contribution in [0.2, 0.25) is 0 Å². The number of hydrogen-bond acceptors (Lipinski definition) is 6. The van der Waals surface area contributed by atoms with Gasteiger partial charge in [0.25, 0.3) is 0 Å². The molecule has 0 spiro atoms. The van der Waals surface area contributed by atoms with Gasteiger partial charge in [0, 0.05) is 29.9 Å². The Morgan fingerprint density at radius 1 is 1.13 bits per heavy atom. The Morgan fingerprint density at radius 2 is 1.94 bits per heavy atom. The van der Waals surface area contributed by atoms with E-state index in [9.17, 15) is 14.4 Å². The molecule has 1 aliphatic rings. The van der Waals surface area contributed by atoms with Crippen molar-refractivity contribution in [1.82, 2.24) is 14.9 Å². The van der Waals surface area contributed by atoms with Crippen LogP contribution in [0.3, 0.4) is 0 Å². The highest BCUT2D eigenvalue weighted by atomic mass is 32.1. The van der Waals surface area contributed by atoms with Gasteiger partial charge in [-0.15, -0.1) is 11.3 Å². The molecule has 0 bridgehead atoms. The highest BCUT2D eigenvalue weighted by molar-refractivity contribution is 7.13. The Hall–Kier alpha value is -3.59. The first-order valence-corrected chi connectivity index (χ1v) is 10.8. The van der Waals surface area contributed by atoms with E-state index in [4.69, 9.17) is 5.73 Å². The molecule has 2 aromatic heterocycles. The van der Waals surface area contributed by atoms with Gasteiger partial charge in [0.1, 0.15) is 5.01 Å². The molecule has 1 aromatic carbocycles. The number of aromatic nitrogens is 2. The molecule has 3 amide bonds. The van der Waals surface area contributed by atoms with Crippen LogP contribution < -0.4 is 11.1 Å². The van der Waals surface area contributed by atoms with Crippen molar-refractivity contribution in [3.8, 4) is 10.6 Å². The van der Waals surface area contributed by atoms with Crippen LogP contribution in [0.1, 0.15) is 41.2 Å². The molecule has 31 heavy (non-hydrogen) atoms. The molecule has 8 nitrogen and oxygen atoms in total. The predicted octanol–water partition coefficient (Wildman–Crippen LogP) is 3.00. The number of thiazole rings is 1. The third-order valence-corrected chi connectivity index (χ3v) is 6.04. The number of likely N-dealkylation sites (tertiary alicyclic amines) is 1. The number of piperidine rings is 1. The van der Waals surface area contributed by atoms with Crippen molar-refractivity contribution in [2.24, 2.45) is 5.73 Å². The summed E-state index contributed by atoms with van der Waals surface area (Å²) in [6, 6.07) is 9.19. The second kappa shape index (κ2) is 9.05. The SMILES string of the molecule is NC(=O)c1cncc(NC(=O)C(=O)N2CCCC[C@H]2c2ccc(-c3nccs3)cc2)c1. The number of nitrogens with one attached hydrogen (secondary N) is 1. The van der Waals surface area contributed by atoms with Gasteiger partial charge >= 0.3 is 11.8 Å². The highest BCUT2D eigenvalue weighted by Gasteiger charge is 2.32. The normalized spacial score (nSPS) is 16.0. The van der Waals surface area contributed by atoms with Gasteiger partial charge < -0.3 is 16.0 Å². The monoisotopic (exact) mass is 435 g/mol. The Kier molecular flexibility index (Phi) is 6.03. The Balaban J connectivity index is 1.50. The Morgan fingerprint density at radius 3 is 2.65 bits per heavy atom. The lowest BCUT2D eigenvalue weighted by Crippen LogP contribution is -2.44. The number of primary amides is 1. The van der Waals surface area contributed by atoms with E-state index in [-0.39, 0.29) is 17.3 Å². The van der Waals surface area contributed by atoms with Crippen molar-refractivity contribution in [3.05, 3.63) is 65.4 Å².